The number of aromatic nitrogens is 2. The predicted molar refractivity (Wildman–Crippen MR) is 74.8 cm³/mol. The zero-order valence-corrected chi connectivity index (χ0v) is 12.1. The molecule has 0 saturated carbocycles. The van der Waals surface area contributed by atoms with Gasteiger partial charge in [-0.1, -0.05) is 0 Å². The Kier molecular flexibility index (Phi) is 4.76. The van der Waals surface area contributed by atoms with Crippen LogP contribution in [0.2, 0.25) is 0 Å². The number of carbonyl (C=O) groups is 2. The van der Waals surface area contributed by atoms with Crippen molar-refractivity contribution in [2.75, 3.05) is 13.1 Å². The summed E-state index contributed by atoms with van der Waals surface area (Å²) in [4.78, 5) is 25.1. The lowest BCUT2D eigenvalue weighted by Gasteiger charge is -2.35. The molecule has 2 rings (SSSR count). The number of rotatable bonds is 4. The van der Waals surface area contributed by atoms with Gasteiger partial charge in [0.15, 0.2) is 0 Å². The first-order valence-corrected chi connectivity index (χ1v) is 7.08. The highest BCUT2D eigenvalue weighted by molar-refractivity contribution is 5.76. The summed E-state index contributed by atoms with van der Waals surface area (Å²) < 4.78 is 1.65. The van der Waals surface area contributed by atoms with Crippen molar-refractivity contribution in [1.29, 1.82) is 0 Å². The van der Waals surface area contributed by atoms with Crippen molar-refractivity contribution >= 4 is 11.8 Å². The van der Waals surface area contributed by atoms with E-state index in [9.17, 15) is 9.59 Å². The number of likely N-dealkylation sites (tertiary alicyclic amines) is 1. The van der Waals surface area contributed by atoms with E-state index < -0.39 is 0 Å². The summed E-state index contributed by atoms with van der Waals surface area (Å²) in [6.45, 7) is 5.40. The molecule has 0 spiro atoms. The van der Waals surface area contributed by atoms with E-state index in [1.54, 1.807) is 24.0 Å². The maximum Gasteiger partial charge on any atom is 0.244 e. The minimum absolute atomic E-state index is 0.00897. The molecular formula is C14H22N4O2. The largest absolute Gasteiger partial charge is 0.354 e. The molecule has 1 aromatic rings. The second-order valence-electron chi connectivity index (χ2n) is 5.41. The average Bonchev–Trinajstić information content (AvgIpc) is 2.91. The fourth-order valence-corrected chi connectivity index (χ4v) is 2.72. The number of piperidine rings is 1. The van der Waals surface area contributed by atoms with Crippen molar-refractivity contribution in [2.45, 2.75) is 39.3 Å². The molecule has 1 aliphatic heterocycles. The van der Waals surface area contributed by atoms with Gasteiger partial charge in [0.25, 0.3) is 0 Å². The standard InChI is InChI=1S/C14H22N4O2/c1-11(16-12(2)19)13-4-8-17(9-5-13)14(20)10-18-7-3-6-15-18/h3,6-7,11,13H,4-5,8-10H2,1-2H3,(H,16,19). The second-order valence-corrected chi connectivity index (χ2v) is 5.41. The molecule has 0 radical (unpaired) electrons. The molecule has 6 heteroatoms. The minimum atomic E-state index is 0.00897. The van der Waals surface area contributed by atoms with Gasteiger partial charge in [0.05, 0.1) is 0 Å². The fourth-order valence-electron chi connectivity index (χ4n) is 2.72. The van der Waals surface area contributed by atoms with Crippen LogP contribution < -0.4 is 5.32 Å². The predicted octanol–water partition coefficient (Wildman–Crippen LogP) is 0.646. The van der Waals surface area contributed by atoms with Crippen LogP contribution in [0, 0.1) is 5.92 Å². The summed E-state index contributed by atoms with van der Waals surface area (Å²) in [5.74, 6) is 0.571. The van der Waals surface area contributed by atoms with Crippen LogP contribution in [0.15, 0.2) is 18.5 Å². The summed E-state index contributed by atoms with van der Waals surface area (Å²) in [7, 11) is 0. The average molecular weight is 278 g/mol. The van der Waals surface area contributed by atoms with Crippen molar-refractivity contribution in [3.63, 3.8) is 0 Å². The van der Waals surface area contributed by atoms with Crippen LogP contribution in [0.3, 0.4) is 0 Å². The van der Waals surface area contributed by atoms with E-state index in [4.69, 9.17) is 0 Å². The smallest absolute Gasteiger partial charge is 0.244 e. The van der Waals surface area contributed by atoms with Gasteiger partial charge in [-0.05, 0) is 31.7 Å². The molecule has 110 valence electrons. The molecule has 1 N–H and O–H groups in total. The Hall–Kier alpha value is -1.85. The highest BCUT2D eigenvalue weighted by Gasteiger charge is 2.26. The van der Waals surface area contributed by atoms with Gasteiger partial charge in [-0.2, -0.15) is 5.10 Å². The zero-order valence-electron chi connectivity index (χ0n) is 12.1. The van der Waals surface area contributed by atoms with Gasteiger partial charge >= 0.3 is 0 Å². The number of nitrogens with zero attached hydrogens (tertiary/aromatic N) is 3. The molecule has 20 heavy (non-hydrogen) atoms. The third-order valence-corrected chi connectivity index (χ3v) is 3.89. The van der Waals surface area contributed by atoms with Gasteiger partial charge in [0, 0.05) is 38.4 Å². The second kappa shape index (κ2) is 6.54. The molecule has 1 fully saturated rings. The maximum absolute atomic E-state index is 12.1. The Morgan fingerprint density at radius 2 is 2.10 bits per heavy atom. The first kappa shape index (κ1) is 14.6. The number of nitrogens with one attached hydrogen (secondary N) is 1. The molecule has 0 aromatic carbocycles. The van der Waals surface area contributed by atoms with Crippen molar-refractivity contribution in [1.82, 2.24) is 20.0 Å². The highest BCUT2D eigenvalue weighted by Crippen LogP contribution is 2.20. The monoisotopic (exact) mass is 278 g/mol. The summed E-state index contributed by atoms with van der Waals surface area (Å²) in [5.41, 5.74) is 0. The van der Waals surface area contributed by atoms with E-state index in [0.29, 0.717) is 12.5 Å². The number of hydrogen-bond donors (Lipinski definition) is 1. The van der Waals surface area contributed by atoms with Crippen LogP contribution in [0.5, 0.6) is 0 Å². The molecule has 2 heterocycles. The van der Waals surface area contributed by atoms with Crippen LogP contribution in [0.4, 0.5) is 0 Å². The quantitative estimate of drug-likeness (QED) is 0.879. The molecular weight excluding hydrogens is 256 g/mol. The zero-order chi connectivity index (χ0) is 14.5. The van der Waals surface area contributed by atoms with E-state index in [1.807, 2.05) is 17.9 Å². The van der Waals surface area contributed by atoms with Crippen molar-refractivity contribution in [3.05, 3.63) is 18.5 Å². The fraction of sp³-hybridized carbons (Fsp3) is 0.643. The maximum atomic E-state index is 12.1. The topological polar surface area (TPSA) is 67.2 Å². The Labute approximate surface area is 119 Å². The van der Waals surface area contributed by atoms with Gasteiger partial charge < -0.3 is 10.2 Å². The SMILES string of the molecule is CC(=O)NC(C)C1CCN(C(=O)Cn2cccn2)CC1. The van der Waals surface area contributed by atoms with E-state index >= 15 is 0 Å². The van der Waals surface area contributed by atoms with Crippen molar-refractivity contribution < 1.29 is 9.59 Å². The lowest BCUT2D eigenvalue weighted by Crippen LogP contribution is -2.45. The summed E-state index contributed by atoms with van der Waals surface area (Å²) in [6.07, 6.45) is 5.34. The van der Waals surface area contributed by atoms with E-state index in [-0.39, 0.29) is 17.9 Å². The van der Waals surface area contributed by atoms with Crippen LogP contribution in [-0.2, 0) is 16.1 Å². The molecule has 1 atom stereocenters. The third kappa shape index (κ3) is 3.82. The Bertz CT molecular complexity index is 450. The van der Waals surface area contributed by atoms with Gasteiger partial charge in [-0.3, -0.25) is 14.3 Å². The van der Waals surface area contributed by atoms with Crippen LogP contribution in [-0.4, -0.2) is 45.6 Å². The molecule has 1 aromatic heterocycles. The van der Waals surface area contributed by atoms with E-state index in [2.05, 4.69) is 10.4 Å². The summed E-state index contributed by atoms with van der Waals surface area (Å²) in [5, 5.41) is 6.98. The number of amides is 2. The first-order chi connectivity index (χ1) is 9.56. The third-order valence-electron chi connectivity index (χ3n) is 3.89. The van der Waals surface area contributed by atoms with Crippen molar-refractivity contribution in [2.24, 2.45) is 5.92 Å². The molecule has 6 nitrogen and oxygen atoms in total. The number of carbonyl (C=O) groups excluding carboxylic acids is 2. The first-order valence-electron chi connectivity index (χ1n) is 7.08. The van der Waals surface area contributed by atoms with Crippen LogP contribution in [0.1, 0.15) is 26.7 Å². The van der Waals surface area contributed by atoms with Crippen molar-refractivity contribution in [3.8, 4) is 0 Å². The van der Waals surface area contributed by atoms with Crippen LogP contribution in [0.25, 0.3) is 0 Å². The van der Waals surface area contributed by atoms with Gasteiger partial charge in [-0.25, -0.2) is 0 Å². The molecule has 0 aliphatic carbocycles. The lowest BCUT2D eigenvalue weighted by molar-refractivity contribution is -0.133. The normalized spacial score (nSPS) is 17.8. The summed E-state index contributed by atoms with van der Waals surface area (Å²) in [6, 6.07) is 1.99. The van der Waals surface area contributed by atoms with E-state index in [0.717, 1.165) is 25.9 Å². The summed E-state index contributed by atoms with van der Waals surface area (Å²) >= 11 is 0. The highest BCUT2D eigenvalue weighted by atomic mass is 16.2. The van der Waals surface area contributed by atoms with Gasteiger partial charge in [0.1, 0.15) is 6.54 Å². The molecule has 2 amide bonds. The lowest BCUT2D eigenvalue weighted by atomic mass is 9.90. The molecule has 1 unspecified atom stereocenters. The van der Waals surface area contributed by atoms with Crippen LogP contribution >= 0.6 is 0 Å². The molecule has 1 aliphatic rings. The molecule has 1 saturated heterocycles. The molecule has 0 bridgehead atoms. The number of hydrogen-bond acceptors (Lipinski definition) is 3. The Morgan fingerprint density at radius 1 is 1.40 bits per heavy atom. The minimum Gasteiger partial charge on any atom is -0.354 e. The van der Waals surface area contributed by atoms with E-state index in [1.165, 1.54) is 0 Å². The van der Waals surface area contributed by atoms with Gasteiger partial charge in [0.2, 0.25) is 11.8 Å². The Balaban J connectivity index is 1.79. The van der Waals surface area contributed by atoms with Gasteiger partial charge in [-0.15, -0.1) is 0 Å². The Morgan fingerprint density at radius 3 is 2.65 bits per heavy atom.